The lowest BCUT2D eigenvalue weighted by molar-refractivity contribution is -0.143. The third kappa shape index (κ3) is 11.0. The van der Waals surface area contributed by atoms with Gasteiger partial charge in [-0.15, -0.1) is 0 Å². The molecule has 7 aliphatic rings. The number of nitrogens with one attached hydrogen (secondary N) is 3. The number of pyridine rings is 1. The molecule has 6 fully saturated rings. The first-order valence-corrected chi connectivity index (χ1v) is 27.3. The largest absolute Gasteiger partial charge is 0.370 e. The lowest BCUT2D eigenvalue weighted by Crippen LogP contribution is -2.65. The average Bonchev–Trinajstić information content (AvgIpc) is 3.38. The second kappa shape index (κ2) is 21.8. The van der Waals surface area contributed by atoms with Gasteiger partial charge in [0.25, 0.3) is 0 Å². The van der Waals surface area contributed by atoms with Crippen molar-refractivity contribution >= 4 is 64.1 Å². The number of piperidine rings is 5. The van der Waals surface area contributed by atoms with E-state index in [2.05, 4.69) is 41.7 Å². The number of amides is 5. The minimum atomic E-state index is -1.03. The summed E-state index contributed by atoms with van der Waals surface area (Å²) < 4.78 is 16.2. The zero-order valence-corrected chi connectivity index (χ0v) is 42.3. The molecule has 5 amide bonds. The van der Waals surface area contributed by atoms with Crippen molar-refractivity contribution in [2.45, 2.75) is 126 Å². The monoisotopic (exact) mass is 1010 g/mol. The van der Waals surface area contributed by atoms with Crippen LogP contribution in [0.2, 0.25) is 10.0 Å². The summed E-state index contributed by atoms with van der Waals surface area (Å²) in [5.41, 5.74) is 2.23. The molecule has 1 aliphatic carbocycles. The second-order valence-corrected chi connectivity index (χ2v) is 22.7. The molecule has 2 aromatic carbocycles. The normalized spacial score (nSPS) is 25.6. The summed E-state index contributed by atoms with van der Waals surface area (Å²) in [5.74, 6) is -0.531. The fourth-order valence-electron chi connectivity index (χ4n) is 13.2. The first-order valence-electron chi connectivity index (χ1n) is 26.6. The molecule has 3 N–H and O–H groups in total. The minimum absolute atomic E-state index is 0.0408. The zero-order valence-electron chi connectivity index (χ0n) is 40.8. The van der Waals surface area contributed by atoms with Crippen molar-refractivity contribution in [1.82, 2.24) is 30.3 Å². The molecule has 10 rings (SSSR count). The van der Waals surface area contributed by atoms with Crippen LogP contribution < -0.4 is 20.9 Å². The van der Waals surface area contributed by atoms with Gasteiger partial charge < -0.3 is 24.9 Å². The minimum Gasteiger partial charge on any atom is -0.370 e. The van der Waals surface area contributed by atoms with Crippen molar-refractivity contribution in [2.24, 2.45) is 23.7 Å². The number of hydrogen-bond donors (Lipinski definition) is 3. The van der Waals surface area contributed by atoms with E-state index in [9.17, 15) is 19.2 Å². The number of carbonyl (C=O) groups excluding carboxylic acids is 5. The molecule has 7 heterocycles. The van der Waals surface area contributed by atoms with Gasteiger partial charge >= 0.3 is 0 Å². The van der Waals surface area contributed by atoms with Gasteiger partial charge in [-0.05, 0) is 149 Å². The van der Waals surface area contributed by atoms with Crippen LogP contribution in [0.3, 0.4) is 0 Å². The lowest BCUT2D eigenvalue weighted by atomic mass is 9.75. The molecule has 5 saturated heterocycles. The molecule has 3 aromatic rings. The maximum absolute atomic E-state index is 16.2. The molecule has 1 spiro atoms. The van der Waals surface area contributed by atoms with Gasteiger partial charge in [-0.3, -0.25) is 39.6 Å². The van der Waals surface area contributed by atoms with E-state index in [1.807, 2.05) is 11.1 Å². The number of benzene rings is 2. The molecule has 6 aliphatic heterocycles. The van der Waals surface area contributed by atoms with E-state index in [1.54, 1.807) is 36.5 Å². The van der Waals surface area contributed by atoms with Crippen LogP contribution in [0.5, 0.6) is 0 Å². The SMILES string of the molecule is O=C1CCC(c2cncc(N3CCC(CN4CCC(CC5CCN(C(=O)C6CCN(C(=O)[C@H]7NC8(CCCCC8)C(=O)Nc8cc(Cl)ccc8C7c7cccc(Cl)c7F)CC6)CC5)CC4)CC3)c2)C(=O)N1. The topological polar surface area (TPSA) is 147 Å². The predicted molar refractivity (Wildman–Crippen MR) is 273 cm³/mol. The Balaban J connectivity index is 0.689. The third-order valence-electron chi connectivity index (χ3n) is 17.4. The van der Waals surface area contributed by atoms with Crippen molar-refractivity contribution in [2.75, 3.05) is 69.1 Å². The van der Waals surface area contributed by atoms with Crippen LogP contribution in [0.25, 0.3) is 0 Å². The summed E-state index contributed by atoms with van der Waals surface area (Å²) in [5, 5.41) is 9.55. The molecule has 3 atom stereocenters. The number of halogens is 3. The Morgan fingerprint density at radius 2 is 1.39 bits per heavy atom. The number of carbonyl (C=O) groups is 5. The van der Waals surface area contributed by atoms with Gasteiger partial charge in [0, 0.05) is 81.0 Å². The number of nitrogens with zero attached hydrogens (tertiary/aromatic N) is 5. The Morgan fingerprint density at radius 1 is 0.718 bits per heavy atom. The molecule has 0 radical (unpaired) electrons. The van der Waals surface area contributed by atoms with Crippen LogP contribution in [-0.4, -0.2) is 120 Å². The summed E-state index contributed by atoms with van der Waals surface area (Å²) in [6.07, 6.45) is 17.4. The van der Waals surface area contributed by atoms with Crippen molar-refractivity contribution in [3.8, 4) is 0 Å². The molecule has 16 heteroatoms. The van der Waals surface area contributed by atoms with E-state index >= 15 is 9.18 Å². The molecule has 0 bridgehead atoms. The molecule has 1 saturated carbocycles. The Kier molecular flexibility index (Phi) is 15.4. The molecule has 71 heavy (non-hydrogen) atoms. The molecule has 1 aromatic heterocycles. The number of likely N-dealkylation sites (tertiary alicyclic amines) is 3. The number of hydrogen-bond acceptors (Lipinski definition) is 9. The summed E-state index contributed by atoms with van der Waals surface area (Å²) in [4.78, 5) is 80.9. The smallest absolute Gasteiger partial charge is 0.244 e. The first-order chi connectivity index (χ1) is 34.4. The fraction of sp³-hybridized carbons (Fsp3) is 0.600. The van der Waals surface area contributed by atoms with E-state index in [1.165, 1.54) is 25.3 Å². The highest BCUT2D eigenvalue weighted by Crippen LogP contribution is 2.43. The van der Waals surface area contributed by atoms with Crippen LogP contribution in [-0.2, 0) is 24.0 Å². The number of fused-ring (bicyclic) bond motifs is 1. The maximum Gasteiger partial charge on any atom is 0.244 e. The Labute approximate surface area is 427 Å². The van der Waals surface area contributed by atoms with Crippen molar-refractivity contribution in [1.29, 1.82) is 0 Å². The number of anilines is 2. The van der Waals surface area contributed by atoms with E-state index in [-0.39, 0.29) is 52.0 Å². The highest BCUT2D eigenvalue weighted by molar-refractivity contribution is 6.31. The number of imide groups is 1. The van der Waals surface area contributed by atoms with Crippen molar-refractivity contribution in [3.63, 3.8) is 0 Å². The zero-order chi connectivity index (χ0) is 49.2. The lowest BCUT2D eigenvalue weighted by Gasteiger charge is -2.45. The molecule has 2 unspecified atom stereocenters. The Morgan fingerprint density at radius 3 is 2.11 bits per heavy atom. The fourth-order valence-corrected chi connectivity index (χ4v) is 13.6. The molecule has 13 nitrogen and oxygen atoms in total. The van der Waals surface area contributed by atoms with E-state index in [0.717, 1.165) is 108 Å². The summed E-state index contributed by atoms with van der Waals surface area (Å²) in [6, 6.07) is 11.1. The van der Waals surface area contributed by atoms with Gasteiger partial charge in [0.1, 0.15) is 5.82 Å². The molecular formula is C55H69Cl2FN8O5. The van der Waals surface area contributed by atoms with Crippen LogP contribution in [0.15, 0.2) is 54.9 Å². The highest BCUT2D eigenvalue weighted by Gasteiger charge is 2.49. The van der Waals surface area contributed by atoms with E-state index < -0.39 is 23.3 Å². The summed E-state index contributed by atoms with van der Waals surface area (Å²) in [6.45, 7) is 7.76. The summed E-state index contributed by atoms with van der Waals surface area (Å²) in [7, 11) is 0. The van der Waals surface area contributed by atoms with Gasteiger partial charge in [-0.25, -0.2) is 4.39 Å². The molecular weight excluding hydrogens is 943 g/mol. The standard InChI is InChI=1S/C55H69Cl2FN8O5/c56-40-7-8-43-46(31-40)60-54(71)55(19-2-1-3-20-55)62-50(48(43)44-5-4-6-45(57)49(44)58)53(70)66-27-17-38(18-28-66)52(69)65-25-13-36(14-26-65)29-35-11-21-63(22-12-35)34-37-15-23-64(24-16-37)41-30-39(32-59-33-41)42-9-10-47(67)61-51(42)68/h4-8,30-33,35-38,42,48,50,62H,1-3,9-29,34H2,(H,60,71)(H,61,67,68)/t42?,48?,50-/m0/s1. The van der Waals surface area contributed by atoms with Crippen LogP contribution in [0.1, 0.15) is 131 Å². The van der Waals surface area contributed by atoms with Gasteiger partial charge in [-0.1, -0.05) is 60.7 Å². The van der Waals surface area contributed by atoms with Crippen molar-refractivity contribution in [3.05, 3.63) is 87.4 Å². The van der Waals surface area contributed by atoms with Gasteiger partial charge in [0.05, 0.1) is 34.4 Å². The highest BCUT2D eigenvalue weighted by atomic mass is 35.5. The van der Waals surface area contributed by atoms with Crippen LogP contribution in [0.4, 0.5) is 15.8 Å². The van der Waals surface area contributed by atoms with Crippen LogP contribution in [0, 0.1) is 29.5 Å². The maximum atomic E-state index is 16.2. The first kappa shape index (κ1) is 49.9. The van der Waals surface area contributed by atoms with Crippen LogP contribution >= 0.6 is 23.2 Å². The van der Waals surface area contributed by atoms with Gasteiger partial charge in [0.2, 0.25) is 29.5 Å². The Bertz CT molecular complexity index is 2460. The van der Waals surface area contributed by atoms with E-state index in [4.69, 9.17) is 23.2 Å². The quantitative estimate of drug-likeness (QED) is 0.180. The second-order valence-electron chi connectivity index (χ2n) is 21.8. The van der Waals surface area contributed by atoms with Gasteiger partial charge in [0.15, 0.2) is 0 Å². The average molecular weight is 1010 g/mol. The van der Waals surface area contributed by atoms with Crippen molar-refractivity contribution < 1.29 is 28.4 Å². The predicted octanol–water partition coefficient (Wildman–Crippen LogP) is 8.29. The third-order valence-corrected chi connectivity index (χ3v) is 18.0. The summed E-state index contributed by atoms with van der Waals surface area (Å²) >= 11 is 12.9. The number of aromatic nitrogens is 1. The molecule has 380 valence electrons. The van der Waals surface area contributed by atoms with E-state index in [0.29, 0.717) is 79.7 Å². The van der Waals surface area contributed by atoms with Gasteiger partial charge in [-0.2, -0.15) is 0 Å². The Hall–Kier alpha value is -4.63. The number of rotatable bonds is 9.